The average molecular weight is 265 g/mol. The van der Waals surface area contributed by atoms with E-state index in [9.17, 15) is 14.7 Å². The van der Waals surface area contributed by atoms with Gasteiger partial charge in [-0.3, -0.25) is 4.79 Å². The molecule has 19 heavy (non-hydrogen) atoms. The minimum absolute atomic E-state index is 0.289. The maximum absolute atomic E-state index is 11.1. The summed E-state index contributed by atoms with van der Waals surface area (Å²) in [6, 6.07) is 6.76. The molecule has 5 nitrogen and oxygen atoms in total. The summed E-state index contributed by atoms with van der Waals surface area (Å²) in [6.45, 7) is 3.30. The van der Waals surface area contributed by atoms with E-state index in [1.54, 1.807) is 0 Å². The molecule has 0 heterocycles. The Balaban J connectivity index is 2.93. The van der Waals surface area contributed by atoms with Crippen molar-refractivity contribution in [3.05, 3.63) is 35.4 Å². The highest BCUT2D eigenvalue weighted by atomic mass is 16.4. The smallest absolute Gasteiger partial charge is 0.334 e. The number of carbonyl (C=O) groups is 2. The molecule has 3 N–H and O–H groups in total. The molecule has 0 saturated heterocycles. The molecule has 0 saturated carbocycles. The first-order valence-corrected chi connectivity index (χ1v) is 6.20. The maximum Gasteiger partial charge on any atom is 0.334 e. The van der Waals surface area contributed by atoms with Crippen molar-refractivity contribution in [3.63, 3.8) is 0 Å². The molecule has 0 aliphatic rings. The largest absolute Gasteiger partial charge is 0.479 e. The van der Waals surface area contributed by atoms with Gasteiger partial charge in [0, 0.05) is 6.92 Å². The third-order valence-corrected chi connectivity index (χ3v) is 2.96. The van der Waals surface area contributed by atoms with Crippen LogP contribution in [-0.2, 0) is 22.4 Å². The minimum Gasteiger partial charge on any atom is -0.479 e. The number of hydrogen-bond donors (Lipinski definition) is 3. The van der Waals surface area contributed by atoms with Crippen LogP contribution in [0.2, 0.25) is 0 Å². The molecule has 5 heteroatoms. The second-order valence-corrected chi connectivity index (χ2v) is 4.42. The molecule has 1 aromatic rings. The van der Waals surface area contributed by atoms with Crippen LogP contribution in [0.4, 0.5) is 0 Å². The molecule has 0 radical (unpaired) electrons. The molecule has 104 valence electrons. The first-order chi connectivity index (χ1) is 8.95. The highest BCUT2D eigenvalue weighted by Crippen LogP contribution is 2.13. The summed E-state index contributed by atoms with van der Waals surface area (Å²) >= 11 is 0. The van der Waals surface area contributed by atoms with Crippen molar-refractivity contribution in [1.29, 1.82) is 0 Å². The van der Waals surface area contributed by atoms with Crippen molar-refractivity contribution >= 4 is 11.9 Å². The zero-order valence-electron chi connectivity index (χ0n) is 11.1. The molecule has 1 rings (SSSR count). The molecule has 1 amide bonds. The number of carbonyl (C=O) groups excluding carboxylic acids is 1. The first-order valence-electron chi connectivity index (χ1n) is 6.20. The van der Waals surface area contributed by atoms with Gasteiger partial charge in [0.2, 0.25) is 5.91 Å². The molecule has 0 bridgehead atoms. The molecule has 2 unspecified atom stereocenters. The van der Waals surface area contributed by atoms with E-state index in [2.05, 4.69) is 5.32 Å². The van der Waals surface area contributed by atoms with E-state index in [0.717, 1.165) is 17.5 Å². The first kappa shape index (κ1) is 15.2. The van der Waals surface area contributed by atoms with Crippen molar-refractivity contribution in [2.45, 2.75) is 38.8 Å². The van der Waals surface area contributed by atoms with Gasteiger partial charge in [-0.1, -0.05) is 31.2 Å². The number of hydrogen-bond acceptors (Lipinski definition) is 3. The van der Waals surface area contributed by atoms with Crippen LogP contribution in [0, 0.1) is 0 Å². The lowest BCUT2D eigenvalue weighted by molar-refractivity contribution is -0.148. The fraction of sp³-hybridized carbons (Fsp3) is 0.429. The molecule has 1 aromatic carbocycles. The molecule has 0 fully saturated rings. The number of benzene rings is 1. The van der Waals surface area contributed by atoms with Crippen molar-refractivity contribution in [1.82, 2.24) is 5.32 Å². The van der Waals surface area contributed by atoms with Crippen LogP contribution in [0.25, 0.3) is 0 Å². The lowest BCUT2D eigenvalue weighted by Gasteiger charge is -2.22. The summed E-state index contributed by atoms with van der Waals surface area (Å²) in [5.41, 5.74) is 2.01. The lowest BCUT2D eigenvalue weighted by Crippen LogP contribution is -2.47. The Bertz CT molecular complexity index is 459. The number of aliphatic carboxylic acids is 1. The van der Waals surface area contributed by atoms with Gasteiger partial charge in [0.25, 0.3) is 0 Å². The maximum atomic E-state index is 11.1. The van der Waals surface area contributed by atoms with Crippen LogP contribution in [0.1, 0.15) is 25.0 Å². The zero-order valence-corrected chi connectivity index (χ0v) is 11.1. The van der Waals surface area contributed by atoms with E-state index in [1.807, 2.05) is 31.2 Å². The number of rotatable bonds is 6. The van der Waals surface area contributed by atoms with Crippen molar-refractivity contribution in [3.8, 4) is 0 Å². The molecule has 0 spiro atoms. The number of amides is 1. The van der Waals surface area contributed by atoms with Crippen molar-refractivity contribution in [2.75, 3.05) is 0 Å². The van der Waals surface area contributed by atoms with E-state index in [0.29, 0.717) is 0 Å². The van der Waals surface area contributed by atoms with Crippen LogP contribution in [0.5, 0.6) is 0 Å². The van der Waals surface area contributed by atoms with Crippen LogP contribution >= 0.6 is 0 Å². The SMILES string of the molecule is CCc1ccccc1CC(NC(C)=O)C(O)C(=O)O. The van der Waals surface area contributed by atoms with Crippen LogP contribution < -0.4 is 5.32 Å². The molecule has 0 aromatic heterocycles. The second kappa shape index (κ2) is 6.89. The van der Waals surface area contributed by atoms with Gasteiger partial charge in [0.05, 0.1) is 6.04 Å². The Morgan fingerprint density at radius 1 is 1.26 bits per heavy atom. The Labute approximate surface area is 112 Å². The van der Waals surface area contributed by atoms with Gasteiger partial charge in [0.15, 0.2) is 6.10 Å². The van der Waals surface area contributed by atoms with Crippen molar-refractivity contribution in [2.24, 2.45) is 0 Å². The van der Waals surface area contributed by atoms with Crippen LogP contribution in [0.15, 0.2) is 24.3 Å². The molecule has 0 aliphatic heterocycles. The van der Waals surface area contributed by atoms with E-state index < -0.39 is 18.1 Å². The number of aliphatic hydroxyl groups excluding tert-OH is 1. The third kappa shape index (κ3) is 4.37. The molecular weight excluding hydrogens is 246 g/mol. The highest BCUT2D eigenvalue weighted by Gasteiger charge is 2.27. The summed E-state index contributed by atoms with van der Waals surface area (Å²) in [5, 5.41) is 21.0. The average Bonchev–Trinajstić information content (AvgIpc) is 2.37. The Kier molecular flexibility index (Phi) is 5.51. The van der Waals surface area contributed by atoms with E-state index in [1.165, 1.54) is 6.92 Å². The fourth-order valence-electron chi connectivity index (χ4n) is 2.01. The van der Waals surface area contributed by atoms with E-state index in [-0.39, 0.29) is 12.3 Å². The number of carboxylic acid groups (broad SMARTS) is 1. The van der Waals surface area contributed by atoms with Gasteiger partial charge >= 0.3 is 5.97 Å². The number of aryl methyl sites for hydroxylation is 1. The second-order valence-electron chi connectivity index (χ2n) is 4.42. The third-order valence-electron chi connectivity index (χ3n) is 2.96. The van der Waals surface area contributed by atoms with Gasteiger partial charge < -0.3 is 15.5 Å². The predicted octanol–water partition coefficient (Wildman–Crippen LogP) is 0.742. The fourth-order valence-corrected chi connectivity index (χ4v) is 2.01. The predicted molar refractivity (Wildman–Crippen MR) is 70.8 cm³/mol. The summed E-state index contributed by atoms with van der Waals surface area (Å²) < 4.78 is 0. The number of nitrogens with one attached hydrogen (secondary N) is 1. The summed E-state index contributed by atoms with van der Waals surface area (Å²) in [6.07, 6.45) is -0.516. The molecule has 0 aliphatic carbocycles. The van der Waals surface area contributed by atoms with Gasteiger partial charge in [-0.2, -0.15) is 0 Å². The van der Waals surface area contributed by atoms with Crippen LogP contribution in [0.3, 0.4) is 0 Å². The topological polar surface area (TPSA) is 86.6 Å². The standard InChI is InChI=1S/C14H19NO4/c1-3-10-6-4-5-7-11(10)8-12(15-9(2)16)13(17)14(18)19/h4-7,12-13,17H,3,8H2,1-2H3,(H,15,16)(H,18,19). The lowest BCUT2D eigenvalue weighted by atomic mass is 9.96. The normalized spacial score (nSPS) is 13.6. The Hall–Kier alpha value is -1.88. The van der Waals surface area contributed by atoms with E-state index in [4.69, 9.17) is 5.11 Å². The van der Waals surface area contributed by atoms with Crippen LogP contribution in [-0.4, -0.2) is 34.2 Å². The van der Waals surface area contributed by atoms with E-state index >= 15 is 0 Å². The molecule has 2 atom stereocenters. The van der Waals surface area contributed by atoms with Gasteiger partial charge in [-0.15, -0.1) is 0 Å². The summed E-state index contributed by atoms with van der Waals surface area (Å²) in [4.78, 5) is 22.0. The molecular formula is C14H19NO4. The zero-order chi connectivity index (χ0) is 14.4. The quantitative estimate of drug-likeness (QED) is 0.708. The van der Waals surface area contributed by atoms with Gasteiger partial charge in [-0.25, -0.2) is 4.79 Å². The summed E-state index contributed by atoms with van der Waals surface area (Å²) in [5.74, 6) is -1.70. The Morgan fingerprint density at radius 2 is 1.84 bits per heavy atom. The highest BCUT2D eigenvalue weighted by molar-refractivity contribution is 5.77. The van der Waals surface area contributed by atoms with Gasteiger partial charge in [-0.05, 0) is 24.0 Å². The monoisotopic (exact) mass is 265 g/mol. The number of carboxylic acids is 1. The van der Waals surface area contributed by atoms with Crippen molar-refractivity contribution < 1.29 is 19.8 Å². The summed E-state index contributed by atoms with van der Waals surface area (Å²) in [7, 11) is 0. The minimum atomic E-state index is -1.62. The van der Waals surface area contributed by atoms with Gasteiger partial charge in [0.1, 0.15) is 0 Å². The Morgan fingerprint density at radius 3 is 2.32 bits per heavy atom. The number of aliphatic hydroxyl groups is 1.